The Morgan fingerprint density at radius 3 is 1.29 bits per heavy atom. The molecule has 0 aliphatic rings. The average molecular weight is 229 g/mol. The molecule has 43 valence electrons. The highest BCUT2D eigenvalue weighted by atomic mass is 79.9. The van der Waals surface area contributed by atoms with Crippen molar-refractivity contribution in [3.8, 4) is 0 Å². The fourth-order valence-corrected chi connectivity index (χ4v) is 0. The molecule has 1 radical (unpaired) electrons. The van der Waals surface area contributed by atoms with E-state index in [-0.39, 0.29) is 5.41 Å². The van der Waals surface area contributed by atoms with Gasteiger partial charge in [0.15, 0.2) is 0 Å². The molecule has 0 N–H and O–H groups in total. The Bertz CT molecular complexity index is 51.6. The lowest BCUT2D eigenvalue weighted by Crippen LogP contribution is -2.05. The molecule has 0 aromatic heterocycles. The maximum absolute atomic E-state index is 3.33. The quantitative estimate of drug-likeness (QED) is 0.597. The van der Waals surface area contributed by atoms with E-state index in [0.717, 1.165) is 3.74 Å². The van der Waals surface area contributed by atoms with Gasteiger partial charge in [-0.05, 0) is 5.41 Å². The molecule has 7 heavy (non-hydrogen) atoms. The first kappa shape index (κ1) is 7.96. The molecule has 0 heterocycles. The molecule has 0 nitrogen and oxygen atoms in total. The van der Waals surface area contributed by atoms with Crippen molar-refractivity contribution in [2.24, 2.45) is 5.41 Å². The molecule has 0 bridgehead atoms. The van der Waals surface area contributed by atoms with Crippen LogP contribution in [-0.2, 0) is 0 Å². The van der Waals surface area contributed by atoms with E-state index in [4.69, 9.17) is 0 Å². The van der Waals surface area contributed by atoms with Gasteiger partial charge < -0.3 is 0 Å². The highest BCUT2D eigenvalue weighted by molar-refractivity contribution is 9.27. The van der Waals surface area contributed by atoms with Gasteiger partial charge in [-0.15, -0.1) is 0 Å². The van der Waals surface area contributed by atoms with Crippen LogP contribution >= 0.6 is 31.9 Å². The van der Waals surface area contributed by atoms with Gasteiger partial charge in [-0.3, -0.25) is 0 Å². The summed E-state index contributed by atoms with van der Waals surface area (Å²) in [5, 5.41) is 0. The predicted molar refractivity (Wildman–Crippen MR) is 40.6 cm³/mol. The van der Waals surface area contributed by atoms with Gasteiger partial charge in [0.05, 0.1) is 0 Å². The maximum Gasteiger partial charge on any atom is 0.111 e. The molecule has 0 aromatic carbocycles. The van der Waals surface area contributed by atoms with Crippen LogP contribution < -0.4 is 0 Å². The zero-order chi connectivity index (χ0) is 6.08. The van der Waals surface area contributed by atoms with E-state index in [1.165, 1.54) is 0 Å². The third-order valence-corrected chi connectivity index (χ3v) is 2.95. The van der Waals surface area contributed by atoms with E-state index in [9.17, 15) is 0 Å². The first-order chi connectivity index (χ1) is 2.94. The number of hydrogen-bond acceptors (Lipinski definition) is 0. The summed E-state index contributed by atoms with van der Waals surface area (Å²) >= 11 is 6.66. The molecular formula is C5H9Br2. The molecule has 0 saturated carbocycles. The Balaban J connectivity index is 3.54. The van der Waals surface area contributed by atoms with E-state index in [2.05, 4.69) is 52.6 Å². The van der Waals surface area contributed by atoms with Crippen molar-refractivity contribution < 1.29 is 0 Å². The number of rotatable bonds is 0. The summed E-state index contributed by atoms with van der Waals surface area (Å²) in [6.45, 7) is 6.39. The third kappa shape index (κ3) is 3.53. The molecule has 0 aliphatic heterocycles. The second-order valence-corrected chi connectivity index (χ2v) is 5.16. The Hall–Kier alpha value is 0.960. The smallest absolute Gasteiger partial charge is 0.0696 e. The molecule has 2 heteroatoms. The molecule has 0 rings (SSSR count). The zero-order valence-corrected chi connectivity index (χ0v) is 7.93. The van der Waals surface area contributed by atoms with Crippen molar-refractivity contribution in [3.63, 3.8) is 0 Å². The van der Waals surface area contributed by atoms with Crippen LogP contribution in [0.25, 0.3) is 0 Å². The molecule has 0 atom stereocenters. The monoisotopic (exact) mass is 227 g/mol. The van der Waals surface area contributed by atoms with Crippen LogP contribution in [0.3, 0.4) is 0 Å². The molecule has 0 saturated heterocycles. The molecule has 0 amide bonds. The summed E-state index contributed by atoms with van der Waals surface area (Å²) in [6.07, 6.45) is 0. The van der Waals surface area contributed by atoms with Crippen LogP contribution in [0.1, 0.15) is 20.8 Å². The third-order valence-electron chi connectivity index (χ3n) is 0.567. The van der Waals surface area contributed by atoms with Gasteiger partial charge >= 0.3 is 0 Å². The first-order valence-electron chi connectivity index (χ1n) is 2.13. The van der Waals surface area contributed by atoms with Gasteiger partial charge in [0.1, 0.15) is 3.74 Å². The van der Waals surface area contributed by atoms with Crippen molar-refractivity contribution in [2.75, 3.05) is 0 Å². The second kappa shape index (κ2) is 2.49. The standard InChI is InChI=1S/C5H9Br2/c1-5(2,3)4(6)7/h1-3H3. The van der Waals surface area contributed by atoms with E-state index in [0.29, 0.717) is 0 Å². The zero-order valence-electron chi connectivity index (χ0n) is 4.76. The normalized spacial score (nSPS) is 12.9. The fraction of sp³-hybridized carbons (Fsp3) is 0.800. The maximum atomic E-state index is 3.33. The van der Waals surface area contributed by atoms with Crippen LogP contribution in [0.4, 0.5) is 0 Å². The SMILES string of the molecule is CC(C)(C)[C](Br)Br. The Morgan fingerprint density at radius 1 is 1.14 bits per heavy atom. The van der Waals surface area contributed by atoms with Crippen LogP contribution in [-0.4, -0.2) is 0 Å². The largest absolute Gasteiger partial charge is 0.111 e. The topological polar surface area (TPSA) is 0 Å². The van der Waals surface area contributed by atoms with Gasteiger partial charge in [0.25, 0.3) is 0 Å². The fourth-order valence-electron chi connectivity index (χ4n) is 0. The van der Waals surface area contributed by atoms with Crippen molar-refractivity contribution in [3.05, 3.63) is 3.74 Å². The van der Waals surface area contributed by atoms with E-state index in [1.807, 2.05) is 0 Å². The number of halogens is 2. The van der Waals surface area contributed by atoms with Crippen molar-refractivity contribution in [1.29, 1.82) is 0 Å². The molecular weight excluding hydrogens is 220 g/mol. The molecule has 0 spiro atoms. The summed E-state index contributed by atoms with van der Waals surface area (Å²) in [4.78, 5) is 0. The van der Waals surface area contributed by atoms with E-state index in [1.54, 1.807) is 0 Å². The van der Waals surface area contributed by atoms with Gasteiger partial charge in [0, 0.05) is 0 Å². The minimum Gasteiger partial charge on any atom is -0.0696 e. The van der Waals surface area contributed by atoms with E-state index >= 15 is 0 Å². The van der Waals surface area contributed by atoms with Crippen LogP contribution in [0.15, 0.2) is 0 Å². The van der Waals surface area contributed by atoms with Gasteiger partial charge in [-0.2, -0.15) is 0 Å². The van der Waals surface area contributed by atoms with Crippen molar-refractivity contribution in [2.45, 2.75) is 20.8 Å². The lowest BCUT2D eigenvalue weighted by Gasteiger charge is -2.17. The summed E-state index contributed by atoms with van der Waals surface area (Å²) < 4.78 is 1.12. The predicted octanol–water partition coefficient (Wildman–Crippen LogP) is 3.31. The van der Waals surface area contributed by atoms with Gasteiger partial charge in [-0.25, -0.2) is 0 Å². The molecule has 0 aliphatic carbocycles. The molecule has 0 aromatic rings. The molecule has 0 fully saturated rings. The van der Waals surface area contributed by atoms with Gasteiger partial charge in [-0.1, -0.05) is 52.6 Å². The Morgan fingerprint density at radius 2 is 1.29 bits per heavy atom. The average Bonchev–Trinajstić information content (AvgIpc) is 1.31. The highest BCUT2D eigenvalue weighted by Gasteiger charge is 2.18. The van der Waals surface area contributed by atoms with Crippen molar-refractivity contribution in [1.82, 2.24) is 0 Å². The Kier molecular flexibility index (Phi) is 2.83. The van der Waals surface area contributed by atoms with Crippen LogP contribution in [0.2, 0.25) is 0 Å². The summed E-state index contributed by atoms with van der Waals surface area (Å²) in [7, 11) is 0. The second-order valence-electron chi connectivity index (χ2n) is 2.51. The van der Waals surface area contributed by atoms with Gasteiger partial charge in [0.2, 0.25) is 0 Å². The highest BCUT2D eigenvalue weighted by Crippen LogP contribution is 2.37. The Labute approximate surface area is 61.9 Å². The summed E-state index contributed by atoms with van der Waals surface area (Å²) in [6, 6.07) is 0. The minimum absolute atomic E-state index is 0.250. The summed E-state index contributed by atoms with van der Waals surface area (Å²) in [5.41, 5.74) is 0.250. The van der Waals surface area contributed by atoms with Crippen LogP contribution in [0, 0.1) is 9.15 Å². The minimum atomic E-state index is 0.250. The summed E-state index contributed by atoms with van der Waals surface area (Å²) in [5.74, 6) is 0. The molecule has 0 unspecified atom stereocenters. The lowest BCUT2D eigenvalue weighted by atomic mass is 10.0. The lowest BCUT2D eigenvalue weighted by molar-refractivity contribution is 0.520. The number of hydrogen-bond donors (Lipinski definition) is 0. The van der Waals surface area contributed by atoms with E-state index < -0.39 is 0 Å². The van der Waals surface area contributed by atoms with Crippen molar-refractivity contribution >= 4 is 31.9 Å². The first-order valence-corrected chi connectivity index (χ1v) is 3.71. The van der Waals surface area contributed by atoms with Crippen LogP contribution in [0.5, 0.6) is 0 Å².